The number of non-ortho nitro benzene ring substituents is 1. The Kier molecular flexibility index (Phi) is 5.70. The van der Waals surface area contributed by atoms with Crippen molar-refractivity contribution in [3.8, 4) is 0 Å². The van der Waals surface area contributed by atoms with Crippen molar-refractivity contribution >= 4 is 28.4 Å². The fourth-order valence-electron chi connectivity index (χ4n) is 2.83. The zero-order valence-electron chi connectivity index (χ0n) is 14.3. The highest BCUT2D eigenvalue weighted by molar-refractivity contribution is 8.15. The monoisotopic (exact) mass is 376 g/mol. The number of nitrogens with zero attached hydrogens (tertiary/aromatic N) is 3. The van der Waals surface area contributed by atoms with Crippen molar-refractivity contribution in [2.24, 2.45) is 5.10 Å². The summed E-state index contributed by atoms with van der Waals surface area (Å²) in [6, 6.07) is 5.98. The Hall–Kier alpha value is -2.23. The van der Waals surface area contributed by atoms with Gasteiger partial charge in [-0.1, -0.05) is 17.8 Å². The van der Waals surface area contributed by atoms with E-state index in [1.807, 2.05) is 6.92 Å². The number of rotatable bonds is 5. The number of thioether (sulfide) groups is 1. The topological polar surface area (TPSA) is 108 Å². The Morgan fingerprint density at radius 2 is 2.19 bits per heavy atom. The van der Waals surface area contributed by atoms with Crippen LogP contribution in [0.15, 0.2) is 41.0 Å². The minimum atomic E-state index is -0.702. The third-order valence-corrected chi connectivity index (χ3v) is 5.56. The first-order valence-electron chi connectivity index (χ1n) is 8.32. The predicted molar refractivity (Wildman–Crippen MR) is 99.8 cm³/mol. The van der Waals surface area contributed by atoms with Crippen LogP contribution in [0.3, 0.4) is 0 Å². The smallest absolute Gasteiger partial charge is 0.269 e. The van der Waals surface area contributed by atoms with Crippen LogP contribution in [0.5, 0.6) is 0 Å². The summed E-state index contributed by atoms with van der Waals surface area (Å²) in [6.07, 6.45) is 2.16. The van der Waals surface area contributed by atoms with Crippen molar-refractivity contribution in [2.75, 3.05) is 19.6 Å². The van der Waals surface area contributed by atoms with Gasteiger partial charge in [-0.3, -0.25) is 19.8 Å². The molecule has 0 radical (unpaired) electrons. The number of benzene rings is 1. The van der Waals surface area contributed by atoms with Gasteiger partial charge < -0.3 is 5.11 Å². The average Bonchev–Trinajstić information content (AvgIpc) is 2.64. The Bertz CT molecular complexity index is 763. The molecule has 0 aliphatic carbocycles. The first-order valence-corrected chi connectivity index (χ1v) is 9.20. The summed E-state index contributed by atoms with van der Waals surface area (Å²) < 4.78 is 0. The van der Waals surface area contributed by atoms with Crippen LogP contribution < -0.4 is 5.43 Å². The molecule has 2 aliphatic rings. The molecule has 2 aliphatic heterocycles. The number of hydrogen-bond donors (Lipinski definition) is 2. The zero-order valence-corrected chi connectivity index (χ0v) is 15.1. The van der Waals surface area contributed by atoms with E-state index in [1.165, 1.54) is 23.9 Å². The highest BCUT2D eigenvalue weighted by atomic mass is 32.2. The van der Waals surface area contributed by atoms with Gasteiger partial charge in [0.2, 0.25) is 0 Å². The number of aliphatic hydroxyl groups excluding tert-OH is 1. The molecule has 2 heterocycles. The third kappa shape index (κ3) is 4.29. The molecule has 9 heteroatoms. The van der Waals surface area contributed by atoms with Crippen LogP contribution in [-0.4, -0.2) is 50.8 Å². The summed E-state index contributed by atoms with van der Waals surface area (Å²) in [4.78, 5) is 23.8. The maximum absolute atomic E-state index is 11.5. The lowest BCUT2D eigenvalue weighted by atomic mass is 10.1. The summed E-state index contributed by atoms with van der Waals surface area (Å²) in [5.41, 5.74) is 4.33. The lowest BCUT2D eigenvalue weighted by Crippen LogP contribution is -2.36. The molecule has 0 saturated heterocycles. The second kappa shape index (κ2) is 7.98. The minimum Gasteiger partial charge on any atom is -0.387 e. The Morgan fingerprint density at radius 1 is 1.46 bits per heavy atom. The van der Waals surface area contributed by atoms with Gasteiger partial charge in [0.1, 0.15) is 5.04 Å². The number of nitro groups is 1. The van der Waals surface area contributed by atoms with Crippen molar-refractivity contribution in [1.29, 1.82) is 0 Å². The maximum atomic E-state index is 11.5. The summed E-state index contributed by atoms with van der Waals surface area (Å²) in [6.45, 7) is 3.76. The molecule has 0 aromatic heterocycles. The summed E-state index contributed by atoms with van der Waals surface area (Å²) >= 11 is 1.46. The molecule has 138 valence electrons. The normalized spacial score (nSPS) is 22.2. The number of hydrogen-bond acceptors (Lipinski definition) is 7. The van der Waals surface area contributed by atoms with Crippen molar-refractivity contribution < 1.29 is 14.8 Å². The van der Waals surface area contributed by atoms with E-state index in [4.69, 9.17) is 0 Å². The van der Waals surface area contributed by atoms with Crippen molar-refractivity contribution in [3.05, 3.63) is 51.6 Å². The Morgan fingerprint density at radius 3 is 2.77 bits per heavy atom. The molecule has 2 unspecified atom stereocenters. The summed E-state index contributed by atoms with van der Waals surface area (Å²) in [7, 11) is 0. The fourth-order valence-corrected chi connectivity index (χ4v) is 3.76. The molecular weight excluding hydrogens is 356 g/mol. The number of nitrogens with one attached hydrogen (secondary N) is 1. The number of carbonyl (C=O) groups is 1. The quantitative estimate of drug-likeness (QED) is 0.599. The fraction of sp³-hybridized carbons (Fsp3) is 0.412. The van der Waals surface area contributed by atoms with E-state index in [-0.39, 0.29) is 16.8 Å². The molecular formula is C17H20N4O4S. The lowest BCUT2D eigenvalue weighted by Gasteiger charge is -2.29. The molecule has 1 aromatic carbocycles. The van der Waals surface area contributed by atoms with Crippen LogP contribution >= 0.6 is 11.8 Å². The molecule has 3 rings (SSSR count). The lowest BCUT2D eigenvalue weighted by molar-refractivity contribution is -0.384. The van der Waals surface area contributed by atoms with Gasteiger partial charge in [0, 0.05) is 31.8 Å². The van der Waals surface area contributed by atoms with E-state index in [0.717, 1.165) is 23.6 Å². The summed E-state index contributed by atoms with van der Waals surface area (Å²) in [5, 5.41) is 25.9. The second-order valence-electron chi connectivity index (χ2n) is 6.26. The number of carbonyl (C=O) groups excluding carboxylic acids is 1. The van der Waals surface area contributed by atoms with Crippen LogP contribution in [-0.2, 0) is 4.79 Å². The highest BCUT2D eigenvalue weighted by Crippen LogP contribution is 2.26. The largest absolute Gasteiger partial charge is 0.387 e. The molecule has 0 bridgehead atoms. The molecule has 1 aromatic rings. The average molecular weight is 376 g/mol. The molecule has 0 saturated carbocycles. The molecule has 8 nitrogen and oxygen atoms in total. The first-order chi connectivity index (χ1) is 12.4. The predicted octanol–water partition coefficient (Wildman–Crippen LogP) is 1.83. The molecule has 2 N–H and O–H groups in total. The van der Waals surface area contributed by atoms with E-state index >= 15 is 0 Å². The van der Waals surface area contributed by atoms with Gasteiger partial charge in [-0.25, -0.2) is 5.43 Å². The third-order valence-electron chi connectivity index (χ3n) is 4.41. The minimum absolute atomic E-state index is 0.0126. The Labute approximate surface area is 155 Å². The van der Waals surface area contributed by atoms with Crippen molar-refractivity contribution in [1.82, 2.24) is 10.3 Å². The van der Waals surface area contributed by atoms with Gasteiger partial charge in [0.25, 0.3) is 11.6 Å². The van der Waals surface area contributed by atoms with Gasteiger partial charge >= 0.3 is 0 Å². The Balaban J connectivity index is 1.57. The standard InChI is InChI=1S/C17H20N4O4S/c1-11-16(23)18-19-17(26-11)13-6-8-20(9-7-13)10-15(22)12-2-4-14(5-3-12)21(24)25/h2-6,11,15,22H,7-10H2,1H3,(H,18,23). The van der Waals surface area contributed by atoms with Gasteiger partial charge in [0.05, 0.1) is 16.3 Å². The maximum Gasteiger partial charge on any atom is 0.269 e. The van der Waals surface area contributed by atoms with E-state index < -0.39 is 11.0 Å². The van der Waals surface area contributed by atoms with E-state index in [0.29, 0.717) is 18.7 Å². The number of β-amino-alcohol motifs (C(OH)–C–C–N with tert-alkyl or cyclic N) is 1. The second-order valence-corrected chi connectivity index (χ2v) is 7.59. The molecule has 0 spiro atoms. The van der Waals surface area contributed by atoms with Crippen LogP contribution in [0.25, 0.3) is 0 Å². The molecule has 2 atom stereocenters. The highest BCUT2D eigenvalue weighted by Gasteiger charge is 2.25. The van der Waals surface area contributed by atoms with Crippen LogP contribution in [0.2, 0.25) is 0 Å². The van der Waals surface area contributed by atoms with Crippen molar-refractivity contribution in [3.63, 3.8) is 0 Å². The van der Waals surface area contributed by atoms with Gasteiger partial charge in [-0.15, -0.1) is 0 Å². The zero-order chi connectivity index (χ0) is 18.7. The van der Waals surface area contributed by atoms with Crippen molar-refractivity contribution in [2.45, 2.75) is 24.7 Å². The number of nitro benzene ring substituents is 1. The van der Waals surface area contributed by atoms with Crippen LogP contribution in [0.4, 0.5) is 5.69 Å². The molecule has 26 heavy (non-hydrogen) atoms. The van der Waals surface area contributed by atoms with E-state index in [1.54, 1.807) is 12.1 Å². The van der Waals surface area contributed by atoms with Crippen LogP contribution in [0, 0.1) is 10.1 Å². The van der Waals surface area contributed by atoms with E-state index in [2.05, 4.69) is 21.5 Å². The number of amides is 1. The first kappa shape index (κ1) is 18.6. The van der Waals surface area contributed by atoms with Gasteiger partial charge in [-0.2, -0.15) is 5.10 Å². The van der Waals surface area contributed by atoms with Crippen LogP contribution in [0.1, 0.15) is 25.0 Å². The SMILES string of the molecule is CC1SC(C2=CCN(CC(O)c3ccc([N+](=O)[O-])cc3)CC2)=NNC1=O. The van der Waals surface area contributed by atoms with Gasteiger partial charge in [-0.05, 0) is 36.6 Å². The van der Waals surface area contributed by atoms with Gasteiger partial charge in [0.15, 0.2) is 0 Å². The number of hydrazone groups is 1. The van der Waals surface area contributed by atoms with E-state index in [9.17, 15) is 20.0 Å². The molecule has 1 amide bonds. The number of aliphatic hydroxyl groups is 1. The molecule has 0 fully saturated rings. The summed E-state index contributed by atoms with van der Waals surface area (Å²) in [5.74, 6) is -0.0805.